The van der Waals surface area contributed by atoms with E-state index >= 15 is 0 Å². The van der Waals surface area contributed by atoms with E-state index in [1.807, 2.05) is 24.3 Å². The number of hydrogen-bond donors (Lipinski definition) is 0. The van der Waals surface area contributed by atoms with E-state index in [4.69, 9.17) is 4.42 Å². The Morgan fingerprint density at radius 2 is 1.92 bits per heavy atom. The van der Waals surface area contributed by atoms with E-state index in [9.17, 15) is 0 Å². The van der Waals surface area contributed by atoms with Gasteiger partial charge >= 0.3 is 0 Å². The van der Waals surface area contributed by atoms with Crippen molar-refractivity contribution in [2.24, 2.45) is 0 Å². The lowest BCUT2D eigenvalue weighted by Crippen LogP contribution is -1.76. The van der Waals surface area contributed by atoms with Crippen LogP contribution in [-0.2, 0) is 0 Å². The van der Waals surface area contributed by atoms with Gasteiger partial charge in [0.15, 0.2) is 4.67 Å². The number of oxazole rings is 1. The summed E-state index contributed by atoms with van der Waals surface area (Å²) in [5.74, 6) is 0.645. The summed E-state index contributed by atoms with van der Waals surface area (Å²) in [6, 6.07) is 8.06. The highest BCUT2D eigenvalue weighted by Crippen LogP contribution is 2.21. The number of hydrogen-bond acceptors (Lipinski definition) is 2. The Kier molecular flexibility index (Phi) is 2.19. The van der Waals surface area contributed by atoms with Gasteiger partial charge in [-0.15, -0.1) is 0 Å². The molecule has 0 atom stereocenters. The minimum atomic E-state index is 0.645. The first-order valence-corrected chi connectivity index (χ1v) is 4.73. The Morgan fingerprint density at radius 3 is 2.46 bits per heavy atom. The standard InChI is InChI=1S/C10H8BrNO/c1-7-2-4-8(5-3-7)10-12-6-9(11)13-10/h2-6H,1H3. The molecular weight excluding hydrogens is 230 g/mol. The van der Waals surface area contributed by atoms with Gasteiger partial charge in [0.05, 0.1) is 6.20 Å². The Labute approximate surface area is 84.7 Å². The van der Waals surface area contributed by atoms with Crippen molar-refractivity contribution < 1.29 is 4.42 Å². The number of aryl methyl sites for hydroxylation is 1. The molecule has 0 fully saturated rings. The van der Waals surface area contributed by atoms with Crippen molar-refractivity contribution in [1.82, 2.24) is 4.98 Å². The van der Waals surface area contributed by atoms with Crippen molar-refractivity contribution in [3.05, 3.63) is 40.7 Å². The van der Waals surface area contributed by atoms with Crippen LogP contribution in [0, 0.1) is 6.92 Å². The van der Waals surface area contributed by atoms with Gasteiger partial charge in [-0.1, -0.05) is 17.7 Å². The fourth-order valence-electron chi connectivity index (χ4n) is 1.08. The van der Waals surface area contributed by atoms with Gasteiger partial charge in [0.2, 0.25) is 5.89 Å². The number of halogens is 1. The zero-order chi connectivity index (χ0) is 9.26. The lowest BCUT2D eigenvalue weighted by atomic mass is 10.1. The Morgan fingerprint density at radius 1 is 1.23 bits per heavy atom. The summed E-state index contributed by atoms with van der Waals surface area (Å²) in [7, 11) is 0. The molecule has 1 aromatic carbocycles. The summed E-state index contributed by atoms with van der Waals surface area (Å²) in [6.07, 6.45) is 1.65. The Balaban J connectivity index is 2.41. The molecule has 0 radical (unpaired) electrons. The van der Waals surface area contributed by atoms with Crippen LogP contribution in [0.15, 0.2) is 39.5 Å². The predicted octanol–water partition coefficient (Wildman–Crippen LogP) is 3.41. The first-order valence-electron chi connectivity index (χ1n) is 3.94. The van der Waals surface area contributed by atoms with Crippen molar-refractivity contribution in [2.45, 2.75) is 6.92 Å². The smallest absolute Gasteiger partial charge is 0.227 e. The minimum absolute atomic E-state index is 0.645. The molecule has 13 heavy (non-hydrogen) atoms. The molecule has 3 heteroatoms. The van der Waals surface area contributed by atoms with Crippen molar-refractivity contribution in [2.75, 3.05) is 0 Å². The Bertz CT molecular complexity index is 405. The van der Waals surface area contributed by atoms with E-state index in [-0.39, 0.29) is 0 Å². The monoisotopic (exact) mass is 237 g/mol. The summed E-state index contributed by atoms with van der Waals surface area (Å²) >= 11 is 3.21. The second-order valence-corrected chi connectivity index (χ2v) is 3.62. The molecule has 2 aromatic rings. The fourth-order valence-corrected chi connectivity index (χ4v) is 1.34. The summed E-state index contributed by atoms with van der Waals surface area (Å²) in [6.45, 7) is 2.05. The lowest BCUT2D eigenvalue weighted by Gasteiger charge is -1.95. The van der Waals surface area contributed by atoms with E-state index in [0.717, 1.165) is 5.56 Å². The molecule has 0 N–H and O–H groups in total. The van der Waals surface area contributed by atoms with E-state index in [0.29, 0.717) is 10.6 Å². The summed E-state index contributed by atoms with van der Waals surface area (Å²) in [5.41, 5.74) is 2.23. The molecule has 0 saturated heterocycles. The number of nitrogens with zero attached hydrogens (tertiary/aromatic N) is 1. The molecular formula is C10H8BrNO. The van der Waals surface area contributed by atoms with Crippen LogP contribution in [0.5, 0.6) is 0 Å². The van der Waals surface area contributed by atoms with Gasteiger partial charge < -0.3 is 4.42 Å². The van der Waals surface area contributed by atoms with E-state index in [2.05, 4.69) is 27.8 Å². The molecule has 2 nitrogen and oxygen atoms in total. The molecule has 2 rings (SSSR count). The molecule has 0 spiro atoms. The van der Waals surface area contributed by atoms with Gasteiger partial charge in [-0.2, -0.15) is 0 Å². The van der Waals surface area contributed by atoms with Gasteiger partial charge in [0.1, 0.15) is 0 Å². The number of aromatic nitrogens is 1. The summed E-state index contributed by atoms with van der Waals surface area (Å²) in [4.78, 5) is 4.10. The van der Waals surface area contributed by atoms with E-state index in [1.165, 1.54) is 5.56 Å². The third kappa shape index (κ3) is 1.80. The highest BCUT2D eigenvalue weighted by Gasteiger charge is 2.03. The molecule has 0 aliphatic carbocycles. The zero-order valence-electron chi connectivity index (χ0n) is 7.12. The largest absolute Gasteiger partial charge is 0.429 e. The van der Waals surface area contributed by atoms with Crippen LogP contribution in [0.3, 0.4) is 0 Å². The Hall–Kier alpha value is -1.09. The van der Waals surface area contributed by atoms with Crippen LogP contribution in [-0.4, -0.2) is 4.98 Å². The van der Waals surface area contributed by atoms with Crippen LogP contribution in [0.4, 0.5) is 0 Å². The SMILES string of the molecule is Cc1ccc(-c2ncc(Br)o2)cc1. The highest BCUT2D eigenvalue weighted by atomic mass is 79.9. The molecule has 66 valence electrons. The number of benzene rings is 1. The third-order valence-electron chi connectivity index (χ3n) is 1.78. The molecule has 0 unspecified atom stereocenters. The average Bonchev–Trinajstić information content (AvgIpc) is 2.53. The van der Waals surface area contributed by atoms with Gasteiger partial charge in [0.25, 0.3) is 0 Å². The maximum absolute atomic E-state index is 5.31. The average molecular weight is 238 g/mol. The second kappa shape index (κ2) is 3.34. The predicted molar refractivity (Wildman–Crippen MR) is 54.4 cm³/mol. The molecule has 0 amide bonds. The van der Waals surface area contributed by atoms with Gasteiger partial charge in [-0.25, -0.2) is 4.98 Å². The van der Waals surface area contributed by atoms with Crippen LogP contribution in [0.25, 0.3) is 11.5 Å². The van der Waals surface area contributed by atoms with Crippen LogP contribution >= 0.6 is 15.9 Å². The van der Waals surface area contributed by atoms with Crippen molar-refractivity contribution in [3.8, 4) is 11.5 Å². The first-order chi connectivity index (χ1) is 6.25. The first kappa shape index (κ1) is 8.51. The normalized spacial score (nSPS) is 10.3. The van der Waals surface area contributed by atoms with Crippen LogP contribution < -0.4 is 0 Å². The minimum Gasteiger partial charge on any atom is -0.429 e. The van der Waals surface area contributed by atoms with Crippen molar-refractivity contribution >= 4 is 15.9 Å². The second-order valence-electron chi connectivity index (χ2n) is 2.84. The molecule has 0 saturated carbocycles. The van der Waals surface area contributed by atoms with Crippen molar-refractivity contribution in [3.63, 3.8) is 0 Å². The highest BCUT2D eigenvalue weighted by molar-refractivity contribution is 9.10. The lowest BCUT2D eigenvalue weighted by molar-refractivity contribution is 0.549. The molecule has 1 aromatic heterocycles. The topological polar surface area (TPSA) is 26.0 Å². The van der Waals surface area contributed by atoms with Gasteiger partial charge in [0, 0.05) is 5.56 Å². The molecule has 0 aliphatic rings. The molecule has 0 bridgehead atoms. The summed E-state index contributed by atoms with van der Waals surface area (Å²) in [5, 5.41) is 0. The fraction of sp³-hybridized carbons (Fsp3) is 0.100. The van der Waals surface area contributed by atoms with Crippen molar-refractivity contribution in [1.29, 1.82) is 0 Å². The van der Waals surface area contributed by atoms with E-state index in [1.54, 1.807) is 6.20 Å². The van der Waals surface area contributed by atoms with E-state index < -0.39 is 0 Å². The number of rotatable bonds is 1. The van der Waals surface area contributed by atoms with Gasteiger partial charge in [-0.3, -0.25) is 0 Å². The maximum atomic E-state index is 5.31. The maximum Gasteiger partial charge on any atom is 0.227 e. The van der Waals surface area contributed by atoms with Gasteiger partial charge in [-0.05, 0) is 35.0 Å². The molecule has 1 heterocycles. The molecule has 0 aliphatic heterocycles. The summed E-state index contributed by atoms with van der Waals surface area (Å²) < 4.78 is 5.97. The van der Waals surface area contributed by atoms with Crippen LogP contribution in [0.2, 0.25) is 0 Å². The van der Waals surface area contributed by atoms with Crippen LogP contribution in [0.1, 0.15) is 5.56 Å². The zero-order valence-corrected chi connectivity index (χ0v) is 8.71. The quantitative estimate of drug-likeness (QED) is 0.760. The third-order valence-corrected chi connectivity index (χ3v) is 2.14.